The molecule has 0 aliphatic rings. The molecule has 0 saturated heterocycles. The summed E-state index contributed by atoms with van der Waals surface area (Å²) in [6.07, 6.45) is 1.34. The Balaban J connectivity index is 1.80. The summed E-state index contributed by atoms with van der Waals surface area (Å²) < 4.78 is 14.8. The first-order valence-corrected chi connectivity index (χ1v) is 7.90. The van der Waals surface area contributed by atoms with Crippen LogP contribution in [-0.2, 0) is 14.3 Å². The second kappa shape index (κ2) is 8.91. The van der Waals surface area contributed by atoms with Crippen molar-refractivity contribution in [1.29, 1.82) is 0 Å². The van der Waals surface area contributed by atoms with Gasteiger partial charge in [-0.05, 0) is 30.7 Å². The van der Waals surface area contributed by atoms with Crippen molar-refractivity contribution in [3.63, 3.8) is 0 Å². The fourth-order valence-electron chi connectivity index (χ4n) is 1.96. The molecule has 0 spiro atoms. The van der Waals surface area contributed by atoms with Crippen LogP contribution in [0.1, 0.15) is 16.1 Å². The highest BCUT2D eigenvalue weighted by Gasteiger charge is 2.14. The molecular formula is C17H17ClN2O6. The molecule has 2 amide bonds. The molecule has 2 N–H and O–H groups in total. The number of hydrogen-bond donors (Lipinski definition) is 2. The van der Waals surface area contributed by atoms with Crippen LogP contribution in [0, 0.1) is 6.92 Å². The minimum absolute atomic E-state index is 0.0701. The molecule has 1 heterocycles. The summed E-state index contributed by atoms with van der Waals surface area (Å²) in [6, 6.07) is 6.22. The Morgan fingerprint density at radius 2 is 2.04 bits per heavy atom. The lowest BCUT2D eigenvalue weighted by atomic mass is 10.2. The van der Waals surface area contributed by atoms with E-state index in [9.17, 15) is 14.4 Å². The molecule has 0 aliphatic carbocycles. The SMILES string of the molecule is COc1cc(Cl)c(C)cc1NC(=O)COC(=O)CNC(=O)c1ccco1. The maximum atomic E-state index is 11.9. The number of halogens is 1. The number of esters is 1. The average Bonchev–Trinajstić information content (AvgIpc) is 3.15. The van der Waals surface area contributed by atoms with E-state index >= 15 is 0 Å². The molecule has 0 fully saturated rings. The van der Waals surface area contributed by atoms with E-state index < -0.39 is 30.9 Å². The van der Waals surface area contributed by atoms with Gasteiger partial charge in [-0.3, -0.25) is 14.4 Å². The molecule has 0 bridgehead atoms. The normalized spacial score (nSPS) is 10.1. The number of rotatable bonds is 7. The van der Waals surface area contributed by atoms with Crippen LogP contribution in [0.5, 0.6) is 5.75 Å². The van der Waals surface area contributed by atoms with Crippen molar-refractivity contribution in [2.45, 2.75) is 6.92 Å². The van der Waals surface area contributed by atoms with Crippen molar-refractivity contribution in [2.24, 2.45) is 0 Å². The molecule has 0 unspecified atom stereocenters. The molecule has 0 radical (unpaired) electrons. The summed E-state index contributed by atoms with van der Waals surface area (Å²) in [5.41, 5.74) is 1.15. The minimum Gasteiger partial charge on any atom is -0.495 e. The Morgan fingerprint density at radius 1 is 1.27 bits per heavy atom. The summed E-state index contributed by atoms with van der Waals surface area (Å²) in [7, 11) is 1.44. The predicted molar refractivity (Wildman–Crippen MR) is 93.4 cm³/mol. The number of carbonyl (C=O) groups excluding carboxylic acids is 3. The van der Waals surface area contributed by atoms with Gasteiger partial charge in [-0.2, -0.15) is 0 Å². The quantitative estimate of drug-likeness (QED) is 0.713. The Kier molecular flexibility index (Phi) is 6.62. The van der Waals surface area contributed by atoms with Gasteiger partial charge in [-0.15, -0.1) is 0 Å². The monoisotopic (exact) mass is 380 g/mol. The molecule has 2 aromatic rings. The Morgan fingerprint density at radius 3 is 2.69 bits per heavy atom. The topological polar surface area (TPSA) is 107 Å². The highest BCUT2D eigenvalue weighted by atomic mass is 35.5. The highest BCUT2D eigenvalue weighted by Crippen LogP contribution is 2.30. The van der Waals surface area contributed by atoms with Gasteiger partial charge in [0.15, 0.2) is 12.4 Å². The van der Waals surface area contributed by atoms with E-state index in [0.717, 1.165) is 5.56 Å². The molecule has 138 valence electrons. The smallest absolute Gasteiger partial charge is 0.325 e. The van der Waals surface area contributed by atoms with Gasteiger partial charge in [0, 0.05) is 11.1 Å². The summed E-state index contributed by atoms with van der Waals surface area (Å²) >= 11 is 6.00. The third-order valence-corrected chi connectivity index (χ3v) is 3.66. The summed E-state index contributed by atoms with van der Waals surface area (Å²) in [6.45, 7) is 0.871. The zero-order valence-electron chi connectivity index (χ0n) is 14.1. The molecule has 0 saturated carbocycles. The lowest BCUT2D eigenvalue weighted by molar-refractivity contribution is -0.146. The maximum Gasteiger partial charge on any atom is 0.325 e. The second-order valence-electron chi connectivity index (χ2n) is 5.17. The standard InChI is InChI=1S/C17H17ClN2O6/c1-10-6-12(14(24-2)7-11(10)18)20-15(21)9-26-16(22)8-19-17(23)13-4-3-5-25-13/h3-7H,8-9H2,1-2H3,(H,19,23)(H,20,21). The van der Waals surface area contributed by atoms with Gasteiger partial charge in [-0.1, -0.05) is 11.6 Å². The zero-order valence-corrected chi connectivity index (χ0v) is 14.9. The fourth-order valence-corrected chi connectivity index (χ4v) is 2.11. The van der Waals surface area contributed by atoms with Gasteiger partial charge in [-0.25, -0.2) is 0 Å². The van der Waals surface area contributed by atoms with E-state index in [-0.39, 0.29) is 5.76 Å². The number of anilines is 1. The summed E-state index contributed by atoms with van der Waals surface area (Å²) in [5.74, 6) is -1.43. The van der Waals surface area contributed by atoms with Crippen LogP contribution in [0.25, 0.3) is 0 Å². The third-order valence-electron chi connectivity index (χ3n) is 3.26. The van der Waals surface area contributed by atoms with Gasteiger partial charge in [0.2, 0.25) is 0 Å². The van der Waals surface area contributed by atoms with E-state index in [4.69, 9.17) is 25.5 Å². The zero-order chi connectivity index (χ0) is 19.1. The number of benzene rings is 1. The van der Waals surface area contributed by atoms with Gasteiger partial charge >= 0.3 is 5.97 Å². The van der Waals surface area contributed by atoms with Crippen LogP contribution in [0.4, 0.5) is 5.69 Å². The van der Waals surface area contributed by atoms with Crippen LogP contribution in [0.15, 0.2) is 34.9 Å². The summed E-state index contributed by atoms with van der Waals surface area (Å²) in [4.78, 5) is 35.1. The number of nitrogens with one attached hydrogen (secondary N) is 2. The van der Waals surface area contributed by atoms with Crippen molar-refractivity contribution < 1.29 is 28.3 Å². The number of carbonyl (C=O) groups is 3. The van der Waals surface area contributed by atoms with Crippen molar-refractivity contribution in [1.82, 2.24) is 5.32 Å². The Hall–Kier alpha value is -3.00. The fraction of sp³-hybridized carbons (Fsp3) is 0.235. The average molecular weight is 381 g/mol. The number of furan rings is 1. The second-order valence-corrected chi connectivity index (χ2v) is 5.58. The van der Waals surface area contributed by atoms with E-state index in [1.165, 1.54) is 19.4 Å². The third kappa shape index (κ3) is 5.25. The van der Waals surface area contributed by atoms with Crippen molar-refractivity contribution in [3.05, 3.63) is 46.9 Å². The number of amides is 2. The van der Waals surface area contributed by atoms with E-state index in [2.05, 4.69) is 10.6 Å². The Bertz CT molecular complexity index is 804. The van der Waals surface area contributed by atoms with Crippen molar-refractivity contribution in [2.75, 3.05) is 25.6 Å². The summed E-state index contributed by atoms with van der Waals surface area (Å²) in [5, 5.41) is 5.39. The molecule has 9 heteroatoms. The maximum absolute atomic E-state index is 11.9. The lowest BCUT2D eigenvalue weighted by Gasteiger charge is -2.12. The van der Waals surface area contributed by atoms with Crippen LogP contribution in [0.3, 0.4) is 0 Å². The first-order valence-electron chi connectivity index (χ1n) is 7.52. The van der Waals surface area contributed by atoms with Gasteiger partial charge in [0.05, 0.1) is 19.1 Å². The Labute approximate surface area is 154 Å². The largest absolute Gasteiger partial charge is 0.495 e. The van der Waals surface area contributed by atoms with Crippen LogP contribution < -0.4 is 15.4 Å². The van der Waals surface area contributed by atoms with Crippen LogP contribution in [0.2, 0.25) is 5.02 Å². The van der Waals surface area contributed by atoms with E-state index in [1.807, 2.05) is 0 Å². The number of aryl methyl sites for hydroxylation is 1. The van der Waals surface area contributed by atoms with Crippen molar-refractivity contribution in [3.8, 4) is 5.75 Å². The first kappa shape index (κ1) is 19.3. The molecular weight excluding hydrogens is 364 g/mol. The predicted octanol–water partition coefficient (Wildman–Crippen LogP) is 2.16. The minimum atomic E-state index is -0.765. The van der Waals surface area contributed by atoms with Gasteiger partial charge in [0.25, 0.3) is 11.8 Å². The first-order chi connectivity index (χ1) is 12.4. The van der Waals surface area contributed by atoms with Gasteiger partial charge < -0.3 is 24.5 Å². The molecule has 8 nitrogen and oxygen atoms in total. The highest BCUT2D eigenvalue weighted by molar-refractivity contribution is 6.31. The number of hydrogen-bond acceptors (Lipinski definition) is 6. The van der Waals surface area contributed by atoms with Crippen LogP contribution >= 0.6 is 11.6 Å². The molecule has 26 heavy (non-hydrogen) atoms. The molecule has 1 aromatic carbocycles. The van der Waals surface area contributed by atoms with Crippen LogP contribution in [-0.4, -0.2) is 38.0 Å². The van der Waals surface area contributed by atoms with E-state index in [0.29, 0.717) is 16.5 Å². The number of methoxy groups -OCH3 is 1. The lowest BCUT2D eigenvalue weighted by Crippen LogP contribution is -2.32. The molecule has 2 rings (SSSR count). The molecule has 0 atom stereocenters. The van der Waals surface area contributed by atoms with Gasteiger partial charge in [0.1, 0.15) is 12.3 Å². The van der Waals surface area contributed by atoms with Crippen molar-refractivity contribution >= 4 is 35.1 Å². The number of ether oxygens (including phenoxy) is 2. The molecule has 0 aliphatic heterocycles. The molecule has 1 aromatic heterocycles. The van der Waals surface area contributed by atoms with E-state index in [1.54, 1.807) is 25.1 Å².